The van der Waals surface area contributed by atoms with Gasteiger partial charge in [-0.15, -0.1) is 0 Å². The normalized spacial score (nSPS) is 10.6. The molecule has 0 heterocycles. The summed E-state index contributed by atoms with van der Waals surface area (Å²) in [7, 11) is 0. The Balaban J connectivity index is 2.26. The average molecular weight is 248 g/mol. The average Bonchev–Trinajstić information content (AvgIpc) is 2.39. The zero-order valence-corrected chi connectivity index (χ0v) is 11.4. The summed E-state index contributed by atoms with van der Waals surface area (Å²) in [6.07, 6.45) is 3.56. The van der Waals surface area contributed by atoms with E-state index in [1.54, 1.807) is 0 Å². The minimum absolute atomic E-state index is 0.138. The van der Waals surface area contributed by atoms with Crippen LogP contribution in [-0.4, -0.2) is 12.5 Å². The fraction of sp³-hybridized carbons (Fsp3) is 0.533. The minimum Gasteiger partial charge on any atom is -0.399 e. The van der Waals surface area contributed by atoms with Crippen molar-refractivity contribution in [3.05, 3.63) is 29.8 Å². The number of hydrogen-bond acceptors (Lipinski definition) is 2. The molecule has 0 fully saturated rings. The second kappa shape index (κ2) is 7.75. The third-order valence-electron chi connectivity index (χ3n) is 3.36. The van der Waals surface area contributed by atoms with Crippen molar-refractivity contribution in [2.75, 3.05) is 12.3 Å². The van der Waals surface area contributed by atoms with Gasteiger partial charge in [-0.25, -0.2) is 0 Å². The third-order valence-corrected chi connectivity index (χ3v) is 3.36. The van der Waals surface area contributed by atoms with Gasteiger partial charge in [0.25, 0.3) is 0 Å². The van der Waals surface area contributed by atoms with Crippen LogP contribution in [0.15, 0.2) is 24.3 Å². The molecule has 0 spiro atoms. The van der Waals surface area contributed by atoms with Crippen LogP contribution < -0.4 is 11.1 Å². The number of carbonyl (C=O) groups is 1. The highest BCUT2D eigenvalue weighted by Gasteiger charge is 2.06. The fourth-order valence-corrected chi connectivity index (χ4v) is 1.87. The predicted octanol–water partition coefficient (Wildman–Crippen LogP) is 2.75. The monoisotopic (exact) mass is 248 g/mol. The Kier molecular flexibility index (Phi) is 6.26. The highest BCUT2D eigenvalue weighted by Crippen LogP contribution is 2.08. The Morgan fingerprint density at radius 3 is 2.39 bits per heavy atom. The second-order valence-corrected chi connectivity index (χ2v) is 4.73. The van der Waals surface area contributed by atoms with Crippen LogP contribution in [0.25, 0.3) is 0 Å². The lowest BCUT2D eigenvalue weighted by atomic mass is 10.0. The van der Waals surface area contributed by atoms with E-state index in [0.29, 0.717) is 12.3 Å². The van der Waals surface area contributed by atoms with Crippen LogP contribution in [0.3, 0.4) is 0 Å². The summed E-state index contributed by atoms with van der Waals surface area (Å²) in [6.45, 7) is 5.12. The summed E-state index contributed by atoms with van der Waals surface area (Å²) in [4.78, 5) is 11.7. The van der Waals surface area contributed by atoms with Crippen LogP contribution >= 0.6 is 0 Å². The molecule has 0 saturated carbocycles. The first-order valence-electron chi connectivity index (χ1n) is 6.76. The van der Waals surface area contributed by atoms with Gasteiger partial charge in [0.15, 0.2) is 0 Å². The van der Waals surface area contributed by atoms with Gasteiger partial charge in [-0.2, -0.15) is 0 Å². The smallest absolute Gasteiger partial charge is 0.220 e. The molecule has 100 valence electrons. The van der Waals surface area contributed by atoms with Crippen molar-refractivity contribution >= 4 is 11.6 Å². The molecule has 18 heavy (non-hydrogen) atoms. The van der Waals surface area contributed by atoms with Crippen molar-refractivity contribution in [3.8, 4) is 0 Å². The lowest BCUT2D eigenvalue weighted by Crippen LogP contribution is -2.29. The molecule has 0 aliphatic heterocycles. The van der Waals surface area contributed by atoms with E-state index in [-0.39, 0.29) is 5.91 Å². The van der Waals surface area contributed by atoms with Gasteiger partial charge in [0.2, 0.25) is 5.91 Å². The standard InChI is InChI=1S/C15H24N2O/c1-3-12(4-2)11-17-15(18)10-7-13-5-8-14(16)9-6-13/h5-6,8-9,12H,3-4,7,10-11,16H2,1-2H3,(H,17,18). The van der Waals surface area contributed by atoms with Gasteiger partial charge in [0.05, 0.1) is 0 Å². The third kappa shape index (κ3) is 5.21. The maximum atomic E-state index is 11.7. The number of nitrogens with two attached hydrogens (primary N) is 1. The van der Waals surface area contributed by atoms with E-state index in [2.05, 4.69) is 19.2 Å². The van der Waals surface area contributed by atoms with E-state index in [1.165, 1.54) is 0 Å². The van der Waals surface area contributed by atoms with Crippen molar-refractivity contribution < 1.29 is 4.79 Å². The van der Waals surface area contributed by atoms with Crippen molar-refractivity contribution in [1.82, 2.24) is 5.32 Å². The lowest BCUT2D eigenvalue weighted by Gasteiger charge is -2.13. The van der Waals surface area contributed by atoms with Crippen LogP contribution in [0.4, 0.5) is 5.69 Å². The highest BCUT2D eigenvalue weighted by molar-refractivity contribution is 5.76. The van der Waals surface area contributed by atoms with Crippen LogP contribution in [0.5, 0.6) is 0 Å². The quantitative estimate of drug-likeness (QED) is 0.729. The summed E-state index contributed by atoms with van der Waals surface area (Å²) in [6, 6.07) is 7.70. The lowest BCUT2D eigenvalue weighted by molar-refractivity contribution is -0.121. The van der Waals surface area contributed by atoms with Gasteiger partial charge < -0.3 is 11.1 Å². The topological polar surface area (TPSA) is 55.1 Å². The SMILES string of the molecule is CCC(CC)CNC(=O)CCc1ccc(N)cc1. The molecular weight excluding hydrogens is 224 g/mol. The Labute approximate surface area is 110 Å². The number of carbonyl (C=O) groups excluding carboxylic acids is 1. The molecule has 3 N–H and O–H groups in total. The number of hydrogen-bond donors (Lipinski definition) is 2. The Morgan fingerprint density at radius 1 is 1.22 bits per heavy atom. The number of amides is 1. The molecule has 0 radical (unpaired) electrons. The van der Waals surface area contributed by atoms with Crippen LogP contribution in [0, 0.1) is 5.92 Å². The molecule has 1 aromatic rings. The Hall–Kier alpha value is -1.51. The highest BCUT2D eigenvalue weighted by atomic mass is 16.1. The first-order valence-corrected chi connectivity index (χ1v) is 6.76. The molecule has 3 heteroatoms. The van der Waals surface area contributed by atoms with E-state index in [4.69, 9.17) is 5.73 Å². The number of nitrogens with one attached hydrogen (secondary N) is 1. The summed E-state index contributed by atoms with van der Waals surface area (Å²) in [5, 5.41) is 3.00. The van der Waals surface area contributed by atoms with Crippen LogP contribution in [0.2, 0.25) is 0 Å². The molecule has 3 nitrogen and oxygen atoms in total. The first-order chi connectivity index (χ1) is 8.65. The zero-order valence-electron chi connectivity index (χ0n) is 11.4. The van der Waals surface area contributed by atoms with E-state index >= 15 is 0 Å². The molecule has 0 unspecified atom stereocenters. The summed E-state index contributed by atoms with van der Waals surface area (Å²) in [5.74, 6) is 0.740. The molecule has 0 atom stereocenters. The number of aryl methyl sites for hydroxylation is 1. The molecule has 1 aromatic carbocycles. The van der Waals surface area contributed by atoms with Gasteiger partial charge in [-0.1, -0.05) is 38.8 Å². The van der Waals surface area contributed by atoms with E-state index < -0.39 is 0 Å². The predicted molar refractivity (Wildman–Crippen MR) is 76.3 cm³/mol. The molecule has 1 rings (SSSR count). The van der Waals surface area contributed by atoms with Gasteiger partial charge in [0, 0.05) is 18.7 Å². The van der Waals surface area contributed by atoms with E-state index in [0.717, 1.165) is 37.1 Å². The van der Waals surface area contributed by atoms with E-state index in [1.807, 2.05) is 24.3 Å². The van der Waals surface area contributed by atoms with Crippen LogP contribution in [-0.2, 0) is 11.2 Å². The first kappa shape index (κ1) is 14.6. The van der Waals surface area contributed by atoms with Crippen molar-refractivity contribution in [2.24, 2.45) is 5.92 Å². The number of anilines is 1. The number of nitrogen functional groups attached to an aromatic ring is 1. The summed E-state index contributed by atoms with van der Waals surface area (Å²) >= 11 is 0. The zero-order chi connectivity index (χ0) is 13.4. The summed E-state index contributed by atoms with van der Waals surface area (Å²) < 4.78 is 0. The van der Waals surface area contributed by atoms with Gasteiger partial charge >= 0.3 is 0 Å². The van der Waals surface area contributed by atoms with Crippen molar-refractivity contribution in [1.29, 1.82) is 0 Å². The summed E-state index contributed by atoms with van der Waals surface area (Å²) in [5.41, 5.74) is 7.53. The Morgan fingerprint density at radius 2 is 1.83 bits per heavy atom. The van der Waals surface area contributed by atoms with Gasteiger partial charge in [0.1, 0.15) is 0 Å². The molecule has 0 saturated heterocycles. The number of rotatable bonds is 7. The van der Waals surface area contributed by atoms with Crippen LogP contribution in [0.1, 0.15) is 38.7 Å². The van der Waals surface area contributed by atoms with E-state index in [9.17, 15) is 4.79 Å². The molecule has 0 aliphatic rings. The molecular formula is C15H24N2O. The molecule has 1 amide bonds. The molecule has 0 bridgehead atoms. The van der Waals surface area contributed by atoms with Gasteiger partial charge in [-0.3, -0.25) is 4.79 Å². The maximum absolute atomic E-state index is 11.7. The largest absolute Gasteiger partial charge is 0.399 e. The number of benzene rings is 1. The minimum atomic E-state index is 0.138. The van der Waals surface area contributed by atoms with Crippen molar-refractivity contribution in [2.45, 2.75) is 39.5 Å². The Bertz CT molecular complexity index is 355. The maximum Gasteiger partial charge on any atom is 0.220 e. The molecule has 0 aliphatic carbocycles. The molecule has 0 aromatic heterocycles. The second-order valence-electron chi connectivity index (χ2n) is 4.73. The fourth-order valence-electron chi connectivity index (χ4n) is 1.87. The van der Waals surface area contributed by atoms with Crippen molar-refractivity contribution in [3.63, 3.8) is 0 Å². The van der Waals surface area contributed by atoms with Gasteiger partial charge in [-0.05, 0) is 30.0 Å².